The van der Waals surface area contributed by atoms with Crippen molar-refractivity contribution in [3.63, 3.8) is 0 Å². The van der Waals surface area contributed by atoms with E-state index >= 15 is 0 Å². The van der Waals surface area contributed by atoms with Crippen LogP contribution in [-0.4, -0.2) is 41.5 Å². The van der Waals surface area contributed by atoms with Gasteiger partial charge in [0.15, 0.2) is 0 Å². The molecule has 0 bridgehead atoms. The number of nitrogen functional groups attached to an aromatic ring is 2. The molecule has 6 N–H and O–H groups in total. The monoisotopic (exact) mass is 265 g/mol. The van der Waals surface area contributed by atoms with Crippen LogP contribution in [0.15, 0.2) is 6.07 Å². The van der Waals surface area contributed by atoms with Crippen molar-refractivity contribution in [3.8, 4) is 0 Å². The number of nitrogens with zero attached hydrogens (tertiary/aromatic N) is 3. The Morgan fingerprint density at radius 3 is 2.68 bits per heavy atom. The Morgan fingerprint density at radius 2 is 2.00 bits per heavy atom. The minimum atomic E-state index is 0.220. The third-order valence-corrected chi connectivity index (χ3v) is 3.59. The first-order valence-electron chi connectivity index (χ1n) is 6.71. The van der Waals surface area contributed by atoms with E-state index in [1.807, 2.05) is 0 Å². The van der Waals surface area contributed by atoms with Crippen molar-refractivity contribution in [2.24, 2.45) is 11.8 Å². The first-order valence-corrected chi connectivity index (χ1v) is 6.71. The summed E-state index contributed by atoms with van der Waals surface area (Å²) in [5, 5.41) is 3.28. The minimum absolute atomic E-state index is 0.220. The van der Waals surface area contributed by atoms with Gasteiger partial charge in [-0.15, -0.1) is 0 Å². The number of rotatable bonds is 5. The highest BCUT2D eigenvalue weighted by Crippen LogP contribution is 2.19. The van der Waals surface area contributed by atoms with E-state index in [2.05, 4.69) is 32.7 Å². The van der Waals surface area contributed by atoms with Crippen molar-refractivity contribution in [2.75, 3.05) is 43.2 Å². The average molecular weight is 265 g/mol. The number of nitrogens with one attached hydrogen (secondary N) is 2. The van der Waals surface area contributed by atoms with Crippen molar-refractivity contribution in [2.45, 2.75) is 19.3 Å². The summed E-state index contributed by atoms with van der Waals surface area (Å²) in [6, 6.07) is 1.75. The van der Waals surface area contributed by atoms with E-state index < -0.39 is 0 Å². The topological polar surface area (TPSA) is 105 Å². The second-order valence-corrected chi connectivity index (χ2v) is 5.10. The summed E-state index contributed by atoms with van der Waals surface area (Å²) in [5.41, 5.74) is 8.08. The van der Waals surface area contributed by atoms with Crippen LogP contribution in [-0.2, 0) is 0 Å². The molecule has 1 aliphatic heterocycles. The molecule has 2 rings (SSSR count). The van der Waals surface area contributed by atoms with Gasteiger partial charge < -0.3 is 21.4 Å². The van der Waals surface area contributed by atoms with E-state index in [0.29, 0.717) is 11.6 Å². The minimum Gasteiger partial charge on any atom is -0.370 e. The van der Waals surface area contributed by atoms with Crippen LogP contribution in [0, 0.1) is 5.92 Å². The van der Waals surface area contributed by atoms with Gasteiger partial charge in [-0.05, 0) is 45.3 Å². The van der Waals surface area contributed by atoms with Gasteiger partial charge in [-0.25, -0.2) is 5.84 Å². The average Bonchev–Trinajstić information content (AvgIpc) is 2.40. The molecule has 0 unspecified atom stereocenters. The molecule has 0 aliphatic carbocycles. The summed E-state index contributed by atoms with van der Waals surface area (Å²) in [6.45, 7) is 3.30. The van der Waals surface area contributed by atoms with Crippen molar-refractivity contribution in [1.82, 2.24) is 14.9 Å². The van der Waals surface area contributed by atoms with E-state index in [1.165, 1.54) is 25.9 Å². The van der Waals surface area contributed by atoms with E-state index in [0.717, 1.165) is 18.9 Å². The van der Waals surface area contributed by atoms with Crippen LogP contribution in [0.3, 0.4) is 0 Å². The Morgan fingerprint density at radius 1 is 1.32 bits per heavy atom. The number of hydrazine groups is 1. The van der Waals surface area contributed by atoms with E-state index in [1.54, 1.807) is 6.07 Å². The molecule has 0 radical (unpaired) electrons. The Kier molecular flexibility index (Phi) is 4.75. The highest BCUT2D eigenvalue weighted by molar-refractivity contribution is 5.50. The van der Waals surface area contributed by atoms with Crippen molar-refractivity contribution in [1.29, 1.82) is 0 Å². The summed E-state index contributed by atoms with van der Waals surface area (Å²) >= 11 is 0. The fourth-order valence-corrected chi connectivity index (χ4v) is 2.39. The third kappa shape index (κ3) is 4.22. The highest BCUT2D eigenvalue weighted by Gasteiger charge is 2.16. The molecular formula is C12H23N7. The number of hydrogen-bond acceptors (Lipinski definition) is 7. The zero-order valence-corrected chi connectivity index (χ0v) is 11.4. The van der Waals surface area contributed by atoms with Crippen LogP contribution in [0.25, 0.3) is 0 Å². The Hall–Kier alpha value is -1.60. The summed E-state index contributed by atoms with van der Waals surface area (Å²) in [4.78, 5) is 10.5. The van der Waals surface area contributed by atoms with Gasteiger partial charge in [0.25, 0.3) is 0 Å². The molecule has 1 fully saturated rings. The third-order valence-electron chi connectivity index (χ3n) is 3.59. The van der Waals surface area contributed by atoms with Gasteiger partial charge in [0.2, 0.25) is 5.95 Å². The molecule has 0 aromatic carbocycles. The predicted octanol–water partition coefficient (Wildman–Crippen LogP) is 0.488. The molecule has 0 spiro atoms. The molecule has 1 aliphatic rings. The molecule has 19 heavy (non-hydrogen) atoms. The maximum atomic E-state index is 5.60. The lowest BCUT2D eigenvalue weighted by Gasteiger charge is -2.28. The van der Waals surface area contributed by atoms with Crippen LogP contribution in [0.1, 0.15) is 19.3 Å². The molecule has 0 amide bonds. The Balaban J connectivity index is 1.77. The quantitative estimate of drug-likeness (QED) is 0.453. The second kappa shape index (κ2) is 6.53. The Bertz CT molecular complexity index is 401. The lowest BCUT2D eigenvalue weighted by Crippen LogP contribution is -2.30. The molecule has 1 saturated heterocycles. The maximum absolute atomic E-state index is 5.60. The van der Waals surface area contributed by atoms with Crippen LogP contribution in [0.4, 0.5) is 17.6 Å². The molecule has 1 aromatic rings. The number of piperidine rings is 1. The predicted molar refractivity (Wildman–Crippen MR) is 77.6 cm³/mol. The lowest BCUT2D eigenvalue weighted by atomic mass is 9.94. The fourth-order valence-electron chi connectivity index (χ4n) is 2.39. The normalized spacial score (nSPS) is 17.4. The maximum Gasteiger partial charge on any atom is 0.223 e. The number of aromatic nitrogens is 2. The van der Waals surface area contributed by atoms with Gasteiger partial charge in [-0.1, -0.05) is 0 Å². The van der Waals surface area contributed by atoms with Crippen molar-refractivity contribution in [3.05, 3.63) is 6.07 Å². The zero-order chi connectivity index (χ0) is 13.7. The lowest BCUT2D eigenvalue weighted by molar-refractivity contribution is 0.215. The fraction of sp³-hybridized carbons (Fsp3) is 0.667. The standard InChI is InChI=1S/C12H23N7/c1-19-6-3-9(4-7-19)2-5-15-10-8-11(18-14)17-12(13)16-10/h8-9H,2-7,14H2,1H3,(H4,13,15,16,17,18). The first-order chi connectivity index (χ1) is 9.17. The first kappa shape index (κ1) is 13.8. The van der Waals surface area contributed by atoms with Crippen molar-refractivity contribution >= 4 is 17.6 Å². The van der Waals surface area contributed by atoms with Gasteiger partial charge >= 0.3 is 0 Å². The van der Waals surface area contributed by atoms with Gasteiger partial charge in [0, 0.05) is 12.6 Å². The summed E-state index contributed by atoms with van der Waals surface area (Å²) in [5.74, 6) is 7.58. The number of nitrogens with two attached hydrogens (primary N) is 2. The number of anilines is 3. The van der Waals surface area contributed by atoms with Gasteiger partial charge in [-0.3, -0.25) is 0 Å². The Labute approximate surface area is 113 Å². The van der Waals surface area contributed by atoms with Gasteiger partial charge in [0.1, 0.15) is 11.6 Å². The molecular weight excluding hydrogens is 242 g/mol. The van der Waals surface area contributed by atoms with E-state index in [-0.39, 0.29) is 5.95 Å². The summed E-state index contributed by atoms with van der Waals surface area (Å²) in [6.07, 6.45) is 3.71. The van der Waals surface area contributed by atoms with E-state index in [9.17, 15) is 0 Å². The van der Waals surface area contributed by atoms with Gasteiger partial charge in [0.05, 0.1) is 0 Å². The van der Waals surface area contributed by atoms with Crippen LogP contribution < -0.4 is 22.3 Å². The highest BCUT2D eigenvalue weighted by atomic mass is 15.3. The molecule has 7 nitrogen and oxygen atoms in total. The molecule has 0 saturated carbocycles. The van der Waals surface area contributed by atoms with Crippen LogP contribution in [0.2, 0.25) is 0 Å². The molecule has 1 aromatic heterocycles. The number of hydrogen-bond donors (Lipinski definition) is 4. The second-order valence-electron chi connectivity index (χ2n) is 5.10. The largest absolute Gasteiger partial charge is 0.370 e. The van der Waals surface area contributed by atoms with Crippen LogP contribution >= 0.6 is 0 Å². The summed E-state index contributed by atoms with van der Waals surface area (Å²) in [7, 11) is 2.18. The molecule has 2 heterocycles. The van der Waals surface area contributed by atoms with Gasteiger partial charge in [-0.2, -0.15) is 9.97 Å². The summed E-state index contributed by atoms with van der Waals surface area (Å²) < 4.78 is 0. The molecule has 7 heteroatoms. The zero-order valence-electron chi connectivity index (χ0n) is 11.4. The van der Waals surface area contributed by atoms with Crippen LogP contribution in [0.5, 0.6) is 0 Å². The molecule has 106 valence electrons. The SMILES string of the molecule is CN1CCC(CCNc2cc(NN)nc(N)n2)CC1. The van der Waals surface area contributed by atoms with E-state index in [4.69, 9.17) is 11.6 Å². The smallest absolute Gasteiger partial charge is 0.223 e. The number of likely N-dealkylation sites (tertiary alicyclic amines) is 1. The van der Waals surface area contributed by atoms with Crippen molar-refractivity contribution < 1.29 is 0 Å². The molecule has 0 atom stereocenters.